The molecule has 0 rings (SSSR count). The average molecular weight is 322 g/mol. The highest BCUT2D eigenvalue weighted by Crippen LogP contribution is 2.48. The molecule has 0 aliphatic heterocycles. The maximum absolute atomic E-state index is 11.8. The van der Waals surface area contributed by atoms with E-state index in [-0.39, 0.29) is 6.61 Å². The number of unbranched alkanes of at least 4 members (excludes halogenated alkanes) is 7. The van der Waals surface area contributed by atoms with Crippen LogP contribution in [0.25, 0.3) is 0 Å². The molecule has 0 aromatic rings. The van der Waals surface area contributed by atoms with Crippen LogP contribution in [0.3, 0.4) is 0 Å². The Morgan fingerprint density at radius 1 is 1.10 bits per heavy atom. The Kier molecular flexibility index (Phi) is 12.6. The zero-order chi connectivity index (χ0) is 16.0. The number of phosphoric acid groups is 1. The molecule has 0 spiro atoms. The first-order valence-electron chi connectivity index (χ1n) is 7.41. The smallest absolute Gasteiger partial charge is 0.288 e. The van der Waals surface area contributed by atoms with E-state index in [1.807, 2.05) is 0 Å². The van der Waals surface area contributed by atoms with E-state index in [0.717, 1.165) is 32.4 Å². The quantitative estimate of drug-likeness (QED) is 0.153. The van der Waals surface area contributed by atoms with Crippen molar-refractivity contribution in [2.75, 3.05) is 13.7 Å². The molecule has 0 saturated carbocycles. The minimum atomic E-state index is -3.83. The zero-order valence-corrected chi connectivity index (χ0v) is 13.9. The van der Waals surface area contributed by atoms with Gasteiger partial charge in [-0.15, -0.1) is 0 Å². The molecule has 7 heteroatoms. The highest BCUT2D eigenvalue weighted by atomic mass is 31.2. The van der Waals surface area contributed by atoms with E-state index in [4.69, 9.17) is 4.52 Å². The van der Waals surface area contributed by atoms with Crippen LogP contribution >= 0.6 is 7.82 Å². The van der Waals surface area contributed by atoms with Gasteiger partial charge in [0.1, 0.15) is 0 Å². The summed E-state index contributed by atoms with van der Waals surface area (Å²) in [5, 5.41) is 0. The van der Waals surface area contributed by atoms with Crippen LogP contribution < -0.4 is 0 Å². The maximum atomic E-state index is 11.8. The summed E-state index contributed by atoms with van der Waals surface area (Å²) in [6.07, 6.45) is 10.0. The highest BCUT2D eigenvalue weighted by molar-refractivity contribution is 7.48. The number of carbonyl (C=O) groups is 1. The standard InChI is InChI=1S/C14H27O6P/c1-4-6-7-8-9-10-11-12-13-18-21(16,17-3)20-19-14(15)5-2/h5H,2,4,6-13H2,1,3H3. The van der Waals surface area contributed by atoms with Gasteiger partial charge in [0.05, 0.1) is 6.61 Å². The first-order valence-corrected chi connectivity index (χ1v) is 8.87. The van der Waals surface area contributed by atoms with Crippen LogP contribution in [0, 0.1) is 0 Å². The van der Waals surface area contributed by atoms with Gasteiger partial charge in [0.15, 0.2) is 0 Å². The molecule has 1 atom stereocenters. The monoisotopic (exact) mass is 322 g/mol. The van der Waals surface area contributed by atoms with Crippen molar-refractivity contribution in [3.8, 4) is 0 Å². The average Bonchev–Trinajstić information content (AvgIpc) is 2.51. The van der Waals surface area contributed by atoms with E-state index in [9.17, 15) is 9.36 Å². The predicted octanol–water partition coefficient (Wildman–Crippen LogP) is 4.56. The van der Waals surface area contributed by atoms with Gasteiger partial charge >= 0.3 is 13.8 Å². The van der Waals surface area contributed by atoms with Gasteiger partial charge < -0.3 is 0 Å². The predicted molar refractivity (Wildman–Crippen MR) is 80.6 cm³/mol. The third-order valence-corrected chi connectivity index (χ3v) is 4.05. The van der Waals surface area contributed by atoms with Crippen molar-refractivity contribution in [1.82, 2.24) is 0 Å². The van der Waals surface area contributed by atoms with E-state index < -0.39 is 13.8 Å². The van der Waals surface area contributed by atoms with Gasteiger partial charge in [-0.2, -0.15) is 0 Å². The SMILES string of the molecule is C=CC(=O)OOP(=O)(OC)OCCCCCCCCCC. The summed E-state index contributed by atoms with van der Waals surface area (Å²) in [4.78, 5) is 15.0. The minimum Gasteiger partial charge on any atom is -0.288 e. The number of carbonyl (C=O) groups excluding carboxylic acids is 1. The lowest BCUT2D eigenvalue weighted by Crippen LogP contribution is -2.04. The minimum absolute atomic E-state index is 0.228. The highest BCUT2D eigenvalue weighted by Gasteiger charge is 2.28. The van der Waals surface area contributed by atoms with Crippen molar-refractivity contribution in [3.63, 3.8) is 0 Å². The van der Waals surface area contributed by atoms with E-state index in [2.05, 4.69) is 27.6 Å². The largest absolute Gasteiger partial charge is 0.510 e. The second kappa shape index (κ2) is 13.0. The summed E-state index contributed by atoms with van der Waals surface area (Å²) >= 11 is 0. The molecule has 0 radical (unpaired) electrons. The fourth-order valence-corrected chi connectivity index (χ4v) is 2.36. The van der Waals surface area contributed by atoms with E-state index in [1.54, 1.807) is 0 Å². The van der Waals surface area contributed by atoms with Crippen molar-refractivity contribution in [2.24, 2.45) is 0 Å². The number of hydrogen-bond acceptors (Lipinski definition) is 6. The molecule has 0 amide bonds. The van der Waals surface area contributed by atoms with Crippen LogP contribution in [-0.2, 0) is 28.0 Å². The molecule has 0 saturated heterocycles. The Balaban J connectivity index is 3.64. The summed E-state index contributed by atoms with van der Waals surface area (Å²) in [6.45, 7) is 5.61. The molecule has 0 aromatic heterocycles. The first-order chi connectivity index (χ1) is 10.1. The van der Waals surface area contributed by atoms with Crippen molar-refractivity contribution in [1.29, 1.82) is 0 Å². The van der Waals surface area contributed by atoms with Crippen molar-refractivity contribution >= 4 is 13.8 Å². The topological polar surface area (TPSA) is 71.1 Å². The van der Waals surface area contributed by atoms with Gasteiger partial charge in [-0.25, -0.2) is 9.36 Å². The molecule has 0 aliphatic rings. The van der Waals surface area contributed by atoms with E-state index in [0.29, 0.717) is 0 Å². The molecule has 0 aliphatic carbocycles. The lowest BCUT2D eigenvalue weighted by atomic mass is 10.1. The van der Waals surface area contributed by atoms with Crippen LogP contribution in [0.1, 0.15) is 58.3 Å². The second-order valence-electron chi connectivity index (χ2n) is 4.62. The number of phosphoric ester groups is 1. The summed E-state index contributed by atoms with van der Waals surface area (Å²) in [7, 11) is -2.67. The Morgan fingerprint density at radius 2 is 1.67 bits per heavy atom. The van der Waals surface area contributed by atoms with Crippen LogP contribution in [0.5, 0.6) is 0 Å². The molecule has 1 unspecified atom stereocenters. The summed E-state index contributed by atoms with van der Waals surface area (Å²) in [5.41, 5.74) is 0. The van der Waals surface area contributed by atoms with Gasteiger partial charge in [-0.1, -0.05) is 63.1 Å². The molecular formula is C14H27O6P. The fraction of sp³-hybridized carbons (Fsp3) is 0.786. The van der Waals surface area contributed by atoms with Crippen LogP contribution in [0.15, 0.2) is 12.7 Å². The molecule has 6 nitrogen and oxygen atoms in total. The van der Waals surface area contributed by atoms with Crippen LogP contribution in [-0.4, -0.2) is 19.7 Å². The van der Waals surface area contributed by atoms with Crippen LogP contribution in [0.4, 0.5) is 0 Å². The number of rotatable bonds is 14. The van der Waals surface area contributed by atoms with E-state index in [1.165, 1.54) is 32.1 Å². The second-order valence-corrected chi connectivity index (χ2v) is 6.29. The van der Waals surface area contributed by atoms with Gasteiger partial charge in [0.2, 0.25) is 0 Å². The molecule has 0 aromatic carbocycles. The van der Waals surface area contributed by atoms with Gasteiger partial charge in [-0.05, 0) is 6.42 Å². The number of hydrogen-bond donors (Lipinski definition) is 0. The van der Waals surface area contributed by atoms with Crippen molar-refractivity contribution in [2.45, 2.75) is 58.3 Å². The Morgan fingerprint density at radius 3 is 2.19 bits per heavy atom. The third kappa shape index (κ3) is 11.6. The van der Waals surface area contributed by atoms with Gasteiger partial charge in [-0.3, -0.25) is 13.9 Å². The van der Waals surface area contributed by atoms with Crippen molar-refractivity contribution in [3.05, 3.63) is 12.7 Å². The molecule has 0 fully saturated rings. The molecule has 0 heterocycles. The Bertz CT molecular complexity index is 331. The maximum Gasteiger partial charge on any atom is 0.510 e. The van der Waals surface area contributed by atoms with E-state index >= 15 is 0 Å². The molecule has 0 N–H and O–H groups in total. The first kappa shape index (κ1) is 20.3. The molecular weight excluding hydrogens is 295 g/mol. The normalized spacial score (nSPS) is 13.6. The molecule has 124 valence electrons. The Hall–Kier alpha value is -0.680. The molecule has 0 bridgehead atoms. The third-order valence-electron chi connectivity index (χ3n) is 2.85. The zero-order valence-electron chi connectivity index (χ0n) is 13.0. The Labute approximate surface area is 127 Å². The summed E-state index contributed by atoms with van der Waals surface area (Å²) in [5.74, 6) is -0.858. The van der Waals surface area contributed by atoms with Crippen LogP contribution in [0.2, 0.25) is 0 Å². The summed E-state index contributed by atoms with van der Waals surface area (Å²) in [6, 6.07) is 0. The van der Waals surface area contributed by atoms with Crippen molar-refractivity contribution < 1.29 is 28.0 Å². The lowest BCUT2D eigenvalue weighted by molar-refractivity contribution is -0.218. The lowest BCUT2D eigenvalue weighted by Gasteiger charge is -2.13. The van der Waals surface area contributed by atoms with Gasteiger partial charge in [0, 0.05) is 13.2 Å². The fourth-order valence-electron chi connectivity index (χ4n) is 1.63. The summed E-state index contributed by atoms with van der Waals surface area (Å²) < 4.78 is 25.8. The van der Waals surface area contributed by atoms with Gasteiger partial charge in [0.25, 0.3) is 0 Å². The molecule has 21 heavy (non-hydrogen) atoms.